The molecule has 2 aromatic rings. The Morgan fingerprint density at radius 2 is 2.00 bits per heavy atom. The van der Waals surface area contributed by atoms with Crippen molar-refractivity contribution >= 4 is 45.6 Å². The number of anilines is 1. The molecule has 0 amide bonds. The predicted molar refractivity (Wildman–Crippen MR) is 75.2 cm³/mol. The maximum absolute atomic E-state index is 12.1. The summed E-state index contributed by atoms with van der Waals surface area (Å²) in [4.78, 5) is 17.6. The van der Waals surface area contributed by atoms with Gasteiger partial charge < -0.3 is 0 Å². The van der Waals surface area contributed by atoms with Gasteiger partial charge in [0.25, 0.3) is 5.69 Å². The molecular formula is C10H6Cl2N4O3S. The van der Waals surface area contributed by atoms with E-state index in [4.69, 9.17) is 23.2 Å². The normalized spacial score (nSPS) is 11.9. The van der Waals surface area contributed by atoms with Crippen molar-refractivity contribution < 1.29 is 9.13 Å². The molecule has 2 rings (SSSR count). The Bertz CT molecular complexity index is 698. The van der Waals surface area contributed by atoms with Crippen molar-refractivity contribution in [1.29, 1.82) is 0 Å². The quantitative estimate of drug-likeness (QED) is 0.401. The van der Waals surface area contributed by atoms with Crippen LogP contribution in [0.4, 0.5) is 11.4 Å². The number of nitro benzene ring substituents is 1. The molecular weight excluding hydrogens is 327 g/mol. The molecule has 0 aliphatic heterocycles. The second-order valence-corrected chi connectivity index (χ2v) is 5.32. The van der Waals surface area contributed by atoms with E-state index in [0.717, 1.165) is 0 Å². The maximum Gasteiger partial charge on any atom is 0.287 e. The summed E-state index contributed by atoms with van der Waals surface area (Å²) in [5.74, 6) is 0. The first-order valence-corrected chi connectivity index (χ1v) is 6.99. The second kappa shape index (κ2) is 6.12. The Kier molecular flexibility index (Phi) is 4.48. The molecule has 1 aromatic carbocycles. The summed E-state index contributed by atoms with van der Waals surface area (Å²) in [6.45, 7) is 0. The van der Waals surface area contributed by atoms with Crippen LogP contribution in [0, 0.1) is 10.1 Å². The topological polar surface area (TPSA) is 98.0 Å². The number of para-hydroxylation sites is 1. The lowest BCUT2D eigenvalue weighted by atomic mass is 10.3. The summed E-state index contributed by atoms with van der Waals surface area (Å²) in [5, 5.41) is 10.8. The number of rotatable bonds is 4. The van der Waals surface area contributed by atoms with Crippen LogP contribution in [0.25, 0.3) is 0 Å². The number of hydrogen-bond acceptors (Lipinski definition) is 5. The van der Waals surface area contributed by atoms with E-state index >= 15 is 0 Å². The molecule has 0 fully saturated rings. The number of aromatic nitrogens is 2. The molecule has 1 atom stereocenters. The largest absolute Gasteiger partial charge is 0.297 e. The van der Waals surface area contributed by atoms with Crippen molar-refractivity contribution in [3.8, 4) is 0 Å². The standard InChI is InChI=1S/C10H6Cl2N4O3S/c11-9-6(5-13-10(12)14-9)15-20(19)8-4-2-1-3-7(8)16(17)18/h1-5,15H. The van der Waals surface area contributed by atoms with Gasteiger partial charge in [0.05, 0.1) is 11.1 Å². The molecule has 0 saturated carbocycles. The summed E-state index contributed by atoms with van der Waals surface area (Å²) >= 11 is 11.3. The molecule has 1 aromatic heterocycles. The summed E-state index contributed by atoms with van der Waals surface area (Å²) in [6, 6.07) is 5.67. The van der Waals surface area contributed by atoms with Gasteiger partial charge in [-0.25, -0.2) is 14.2 Å². The van der Waals surface area contributed by atoms with Crippen molar-refractivity contribution in [1.82, 2.24) is 9.97 Å². The van der Waals surface area contributed by atoms with E-state index in [-0.39, 0.29) is 26.7 Å². The number of hydrogen-bond donors (Lipinski definition) is 1. The van der Waals surface area contributed by atoms with E-state index in [2.05, 4.69) is 14.7 Å². The smallest absolute Gasteiger partial charge is 0.287 e. The molecule has 1 heterocycles. The number of halogens is 2. The van der Waals surface area contributed by atoms with Gasteiger partial charge in [0, 0.05) is 6.07 Å². The highest BCUT2D eigenvalue weighted by atomic mass is 35.5. The first-order valence-electron chi connectivity index (χ1n) is 5.09. The lowest BCUT2D eigenvalue weighted by molar-refractivity contribution is -0.387. The summed E-state index contributed by atoms with van der Waals surface area (Å²) in [7, 11) is -1.88. The third-order valence-electron chi connectivity index (χ3n) is 2.18. The number of nitro groups is 1. The third-order valence-corrected chi connectivity index (χ3v) is 3.80. The van der Waals surface area contributed by atoms with Crippen molar-refractivity contribution in [2.75, 3.05) is 4.72 Å². The lowest BCUT2D eigenvalue weighted by Crippen LogP contribution is -2.08. The molecule has 10 heteroatoms. The van der Waals surface area contributed by atoms with Gasteiger partial charge in [0.2, 0.25) is 5.28 Å². The van der Waals surface area contributed by atoms with Gasteiger partial charge in [-0.2, -0.15) is 0 Å². The van der Waals surface area contributed by atoms with Crippen molar-refractivity contribution in [3.05, 3.63) is 51.0 Å². The minimum Gasteiger partial charge on any atom is -0.297 e. The van der Waals surface area contributed by atoms with Crippen molar-refractivity contribution in [2.24, 2.45) is 0 Å². The first kappa shape index (κ1) is 14.6. The Morgan fingerprint density at radius 1 is 1.30 bits per heavy atom. The Balaban J connectivity index is 2.31. The van der Waals surface area contributed by atoms with Gasteiger partial charge in [-0.05, 0) is 17.7 Å². The van der Waals surface area contributed by atoms with E-state index in [9.17, 15) is 14.3 Å². The third kappa shape index (κ3) is 3.21. The summed E-state index contributed by atoms with van der Waals surface area (Å²) < 4.78 is 14.6. The molecule has 0 aliphatic carbocycles. The minimum absolute atomic E-state index is 0.0171. The Morgan fingerprint density at radius 3 is 2.65 bits per heavy atom. The molecule has 20 heavy (non-hydrogen) atoms. The van der Waals surface area contributed by atoms with E-state index in [0.29, 0.717) is 0 Å². The molecule has 104 valence electrons. The average Bonchev–Trinajstić information content (AvgIpc) is 2.41. The summed E-state index contributed by atoms with van der Waals surface area (Å²) in [6.07, 6.45) is 1.24. The predicted octanol–water partition coefficient (Wildman–Crippen LogP) is 2.83. The van der Waals surface area contributed by atoms with E-state index in [1.807, 2.05) is 0 Å². The van der Waals surface area contributed by atoms with Crippen LogP contribution in [-0.4, -0.2) is 19.1 Å². The van der Waals surface area contributed by atoms with Crippen molar-refractivity contribution in [2.45, 2.75) is 4.90 Å². The Labute approximate surface area is 125 Å². The monoisotopic (exact) mass is 332 g/mol. The van der Waals surface area contributed by atoms with Crippen LogP contribution >= 0.6 is 23.2 Å². The molecule has 1 N–H and O–H groups in total. The highest BCUT2D eigenvalue weighted by molar-refractivity contribution is 7.86. The maximum atomic E-state index is 12.1. The van der Waals surface area contributed by atoms with Crippen LogP contribution < -0.4 is 4.72 Å². The van der Waals surface area contributed by atoms with Crippen LogP contribution in [0.15, 0.2) is 35.4 Å². The van der Waals surface area contributed by atoms with Gasteiger partial charge >= 0.3 is 0 Å². The van der Waals surface area contributed by atoms with E-state index < -0.39 is 15.9 Å². The molecule has 0 spiro atoms. The second-order valence-electron chi connectivity index (χ2n) is 3.44. The molecule has 7 nitrogen and oxygen atoms in total. The van der Waals surface area contributed by atoms with E-state index in [1.165, 1.54) is 24.4 Å². The average molecular weight is 333 g/mol. The number of nitrogens with zero attached hydrogens (tertiary/aromatic N) is 3. The van der Waals surface area contributed by atoms with Crippen LogP contribution in [0.2, 0.25) is 10.4 Å². The zero-order valence-corrected chi connectivity index (χ0v) is 11.9. The van der Waals surface area contributed by atoms with Crippen LogP contribution in [0.3, 0.4) is 0 Å². The zero-order valence-electron chi connectivity index (χ0n) is 9.62. The van der Waals surface area contributed by atoms with Crippen molar-refractivity contribution in [3.63, 3.8) is 0 Å². The molecule has 0 aliphatic rings. The SMILES string of the molecule is O=[N+]([O-])c1ccccc1S(=O)Nc1cnc(Cl)nc1Cl. The van der Waals surface area contributed by atoms with Gasteiger partial charge in [-0.3, -0.25) is 14.8 Å². The molecule has 1 unspecified atom stereocenters. The fourth-order valence-corrected chi connectivity index (χ4v) is 2.73. The highest BCUT2D eigenvalue weighted by Crippen LogP contribution is 2.25. The van der Waals surface area contributed by atoms with Gasteiger partial charge in [0.1, 0.15) is 10.6 Å². The summed E-state index contributed by atoms with van der Waals surface area (Å²) in [5.41, 5.74) is -0.100. The van der Waals surface area contributed by atoms with Crippen LogP contribution in [-0.2, 0) is 11.0 Å². The van der Waals surface area contributed by atoms with Crippen LogP contribution in [0.1, 0.15) is 0 Å². The zero-order chi connectivity index (χ0) is 14.7. The first-order chi connectivity index (χ1) is 9.49. The number of benzene rings is 1. The fourth-order valence-electron chi connectivity index (χ4n) is 1.33. The minimum atomic E-state index is -1.88. The number of nitrogens with one attached hydrogen (secondary N) is 1. The van der Waals surface area contributed by atoms with Gasteiger partial charge in [0.15, 0.2) is 16.1 Å². The molecule has 0 radical (unpaired) electrons. The molecule has 0 saturated heterocycles. The Hall–Kier alpha value is -1.77. The fraction of sp³-hybridized carbons (Fsp3) is 0. The van der Waals surface area contributed by atoms with E-state index in [1.54, 1.807) is 6.07 Å². The molecule has 0 bridgehead atoms. The lowest BCUT2D eigenvalue weighted by Gasteiger charge is -2.07. The highest BCUT2D eigenvalue weighted by Gasteiger charge is 2.19. The van der Waals surface area contributed by atoms with Crippen LogP contribution in [0.5, 0.6) is 0 Å². The van der Waals surface area contributed by atoms with Gasteiger partial charge in [-0.1, -0.05) is 23.7 Å². The van der Waals surface area contributed by atoms with Gasteiger partial charge in [-0.15, -0.1) is 0 Å².